The van der Waals surface area contributed by atoms with Gasteiger partial charge in [-0.25, -0.2) is 8.78 Å². The lowest BCUT2D eigenvalue weighted by molar-refractivity contribution is -0.142. The number of hydrogen-bond donors (Lipinski definition) is 0. The fourth-order valence-corrected chi connectivity index (χ4v) is 4.95. The van der Waals surface area contributed by atoms with Gasteiger partial charge in [-0.1, -0.05) is 12.1 Å². The van der Waals surface area contributed by atoms with Crippen molar-refractivity contribution in [3.63, 3.8) is 0 Å². The van der Waals surface area contributed by atoms with E-state index in [9.17, 15) is 18.4 Å². The number of aryl methyl sites for hydroxylation is 1. The van der Waals surface area contributed by atoms with Crippen molar-refractivity contribution in [2.24, 2.45) is 0 Å². The van der Waals surface area contributed by atoms with Crippen LogP contribution in [0.15, 0.2) is 28.8 Å². The van der Waals surface area contributed by atoms with E-state index in [1.165, 1.54) is 12.1 Å². The number of nitrogens with zero attached hydrogens (tertiary/aromatic N) is 3. The highest BCUT2D eigenvalue weighted by Crippen LogP contribution is 2.47. The van der Waals surface area contributed by atoms with E-state index in [1.54, 1.807) is 15.9 Å². The largest absolute Gasteiger partial charge is 0.361 e. The summed E-state index contributed by atoms with van der Waals surface area (Å²) in [5.74, 6) is -1.06. The summed E-state index contributed by atoms with van der Waals surface area (Å²) in [5.41, 5.74) is -0.288. The number of halogens is 2. The third-order valence-corrected chi connectivity index (χ3v) is 6.57. The molecule has 1 spiro atoms. The normalized spacial score (nSPS) is 24.8. The molecule has 2 atom stereocenters. The lowest BCUT2D eigenvalue weighted by Gasteiger charge is -2.37. The van der Waals surface area contributed by atoms with E-state index in [1.807, 2.05) is 6.92 Å². The molecule has 0 bridgehead atoms. The van der Waals surface area contributed by atoms with Crippen molar-refractivity contribution in [1.82, 2.24) is 15.0 Å². The highest BCUT2D eigenvalue weighted by molar-refractivity contribution is 5.93. The SMILES string of the molecule is CCc1cc(C(=O)N2CCC3(CC2)O[C@@H]2CC[C@@H](c4cc(F)cc(F)c4)N2C3=O)no1. The van der Waals surface area contributed by atoms with Gasteiger partial charge in [0.25, 0.3) is 11.8 Å². The number of carbonyl (C=O) groups excluding carboxylic acids is 2. The summed E-state index contributed by atoms with van der Waals surface area (Å²) in [5, 5.41) is 3.84. The van der Waals surface area contributed by atoms with Crippen LogP contribution in [0.3, 0.4) is 0 Å². The second-order valence-corrected chi connectivity index (χ2v) is 8.40. The lowest BCUT2D eigenvalue weighted by Crippen LogP contribution is -2.51. The summed E-state index contributed by atoms with van der Waals surface area (Å²) in [7, 11) is 0. The first-order valence-corrected chi connectivity index (χ1v) is 10.6. The Morgan fingerprint density at radius 3 is 2.52 bits per heavy atom. The minimum atomic E-state index is -0.996. The van der Waals surface area contributed by atoms with Crippen molar-refractivity contribution >= 4 is 11.8 Å². The summed E-state index contributed by atoms with van der Waals surface area (Å²) >= 11 is 0. The molecule has 0 aliphatic carbocycles. The third kappa shape index (κ3) is 3.31. The van der Waals surface area contributed by atoms with Gasteiger partial charge < -0.3 is 19.1 Å². The van der Waals surface area contributed by atoms with Crippen LogP contribution in [0.4, 0.5) is 8.78 Å². The number of benzene rings is 1. The average molecular weight is 431 g/mol. The Kier molecular flexibility index (Phi) is 4.80. The van der Waals surface area contributed by atoms with E-state index < -0.39 is 29.5 Å². The molecule has 3 fully saturated rings. The van der Waals surface area contributed by atoms with Gasteiger partial charge in [0.15, 0.2) is 11.3 Å². The molecule has 3 aliphatic heterocycles. The number of amides is 2. The number of likely N-dealkylation sites (tertiary alicyclic amines) is 1. The zero-order chi connectivity index (χ0) is 21.8. The highest BCUT2D eigenvalue weighted by atomic mass is 19.1. The third-order valence-electron chi connectivity index (χ3n) is 6.57. The van der Waals surface area contributed by atoms with Crippen LogP contribution in [-0.4, -0.2) is 51.7 Å². The van der Waals surface area contributed by atoms with Crippen LogP contribution in [0.1, 0.15) is 60.5 Å². The van der Waals surface area contributed by atoms with Crippen LogP contribution in [0, 0.1) is 11.6 Å². The summed E-state index contributed by atoms with van der Waals surface area (Å²) in [6.07, 6.45) is 2.18. The van der Waals surface area contributed by atoms with Crippen LogP contribution in [0.25, 0.3) is 0 Å². The van der Waals surface area contributed by atoms with Gasteiger partial charge in [0.2, 0.25) is 0 Å². The maximum Gasteiger partial charge on any atom is 0.276 e. The first-order chi connectivity index (χ1) is 14.9. The molecule has 0 radical (unpaired) electrons. The maximum atomic E-state index is 13.7. The standard InChI is InChI=1S/C22H23F2N3O4/c1-2-16-12-17(25-31-16)20(28)26-7-5-22(6-8-26)21(29)27-18(3-4-19(27)30-22)13-9-14(23)11-15(24)10-13/h9-12,18-19H,2-8H2,1H3/t18-,19+/m0/s1. The molecule has 1 aromatic heterocycles. The van der Waals surface area contributed by atoms with Gasteiger partial charge in [-0.2, -0.15) is 0 Å². The smallest absolute Gasteiger partial charge is 0.276 e. The van der Waals surface area contributed by atoms with Crippen molar-refractivity contribution in [2.75, 3.05) is 13.1 Å². The van der Waals surface area contributed by atoms with Gasteiger partial charge >= 0.3 is 0 Å². The molecule has 7 nitrogen and oxygen atoms in total. The van der Waals surface area contributed by atoms with Crippen LogP contribution in [0.5, 0.6) is 0 Å². The molecule has 31 heavy (non-hydrogen) atoms. The maximum absolute atomic E-state index is 13.7. The molecule has 4 heterocycles. The van der Waals surface area contributed by atoms with Crippen LogP contribution in [0.2, 0.25) is 0 Å². The molecule has 5 rings (SSSR count). The first-order valence-electron chi connectivity index (χ1n) is 10.6. The van der Waals surface area contributed by atoms with Crippen molar-refractivity contribution in [1.29, 1.82) is 0 Å². The van der Waals surface area contributed by atoms with Gasteiger partial charge in [0, 0.05) is 44.5 Å². The highest BCUT2D eigenvalue weighted by Gasteiger charge is 2.58. The predicted molar refractivity (Wildman–Crippen MR) is 104 cm³/mol. The van der Waals surface area contributed by atoms with Crippen molar-refractivity contribution < 1.29 is 27.6 Å². The zero-order valence-corrected chi connectivity index (χ0v) is 17.1. The molecular formula is C22H23F2N3O4. The van der Waals surface area contributed by atoms with Crippen LogP contribution < -0.4 is 0 Å². The van der Waals surface area contributed by atoms with Gasteiger partial charge in [0.1, 0.15) is 23.6 Å². The number of carbonyl (C=O) groups is 2. The quantitative estimate of drug-likeness (QED) is 0.746. The monoisotopic (exact) mass is 431 g/mol. The van der Waals surface area contributed by atoms with Crippen molar-refractivity contribution in [3.05, 3.63) is 52.9 Å². The average Bonchev–Trinajstić information content (AvgIpc) is 3.44. The van der Waals surface area contributed by atoms with Crippen molar-refractivity contribution in [2.45, 2.75) is 56.9 Å². The first kappa shape index (κ1) is 20.1. The summed E-state index contributed by atoms with van der Waals surface area (Å²) in [4.78, 5) is 29.4. The van der Waals surface area contributed by atoms with Gasteiger partial charge in [0.05, 0.1) is 6.04 Å². The Hall–Kier alpha value is -2.81. The predicted octanol–water partition coefficient (Wildman–Crippen LogP) is 3.21. The number of aromatic nitrogens is 1. The summed E-state index contributed by atoms with van der Waals surface area (Å²) in [6, 6.07) is 4.61. The molecular weight excluding hydrogens is 408 g/mol. The topological polar surface area (TPSA) is 75.9 Å². The summed E-state index contributed by atoms with van der Waals surface area (Å²) in [6.45, 7) is 2.64. The Morgan fingerprint density at radius 1 is 1.16 bits per heavy atom. The van der Waals surface area contributed by atoms with E-state index in [2.05, 4.69) is 5.16 Å². The molecule has 1 aromatic carbocycles. The molecule has 2 aromatic rings. The van der Waals surface area contributed by atoms with Gasteiger partial charge in [-0.05, 0) is 30.5 Å². The lowest BCUT2D eigenvalue weighted by atomic mass is 9.89. The fourth-order valence-electron chi connectivity index (χ4n) is 4.95. The Morgan fingerprint density at radius 2 is 1.87 bits per heavy atom. The van der Waals surface area contributed by atoms with Crippen LogP contribution in [-0.2, 0) is 16.0 Å². The van der Waals surface area contributed by atoms with E-state index in [4.69, 9.17) is 9.26 Å². The molecule has 2 amide bonds. The second-order valence-electron chi connectivity index (χ2n) is 8.40. The minimum absolute atomic E-state index is 0.161. The number of piperidine rings is 1. The Bertz CT molecular complexity index is 1010. The zero-order valence-electron chi connectivity index (χ0n) is 17.1. The van der Waals surface area contributed by atoms with E-state index in [0.29, 0.717) is 56.5 Å². The summed E-state index contributed by atoms with van der Waals surface area (Å²) < 4.78 is 38.8. The van der Waals surface area contributed by atoms with Crippen LogP contribution >= 0.6 is 0 Å². The van der Waals surface area contributed by atoms with Gasteiger partial charge in [-0.3, -0.25) is 9.59 Å². The number of fused-ring (bicyclic) bond motifs is 1. The second kappa shape index (κ2) is 7.40. The molecule has 0 N–H and O–H groups in total. The molecule has 3 aliphatic rings. The molecule has 0 saturated carbocycles. The molecule has 9 heteroatoms. The molecule has 3 saturated heterocycles. The Balaban J connectivity index is 1.30. The fraction of sp³-hybridized carbons (Fsp3) is 0.500. The van der Waals surface area contributed by atoms with E-state index in [0.717, 1.165) is 6.07 Å². The number of rotatable bonds is 3. The van der Waals surface area contributed by atoms with Gasteiger partial charge in [-0.15, -0.1) is 0 Å². The van der Waals surface area contributed by atoms with E-state index >= 15 is 0 Å². The van der Waals surface area contributed by atoms with E-state index in [-0.39, 0.29) is 17.5 Å². The number of ether oxygens (including phenoxy) is 1. The van der Waals surface area contributed by atoms with Crippen molar-refractivity contribution in [3.8, 4) is 0 Å². The minimum Gasteiger partial charge on any atom is -0.361 e. The molecule has 164 valence electrons. The number of hydrogen-bond acceptors (Lipinski definition) is 5. The Labute approximate surface area is 177 Å². The molecule has 0 unspecified atom stereocenters.